The number of aryl methyl sites for hydroxylation is 1. The third kappa shape index (κ3) is 3.87. The monoisotopic (exact) mass is 396 g/mol. The second-order valence-corrected chi connectivity index (χ2v) is 7.04. The van der Waals surface area contributed by atoms with Gasteiger partial charge in [0.05, 0.1) is 11.6 Å². The van der Waals surface area contributed by atoms with Crippen LogP contribution in [0.25, 0.3) is 4.96 Å². The third-order valence-electron chi connectivity index (χ3n) is 3.79. The fraction of sp³-hybridized carbons (Fsp3) is 0.278. The predicted molar refractivity (Wildman–Crippen MR) is 94.8 cm³/mol. The van der Waals surface area contributed by atoms with Crippen LogP contribution in [-0.2, 0) is 6.18 Å². The summed E-state index contributed by atoms with van der Waals surface area (Å²) in [5, 5.41) is 0. The highest BCUT2D eigenvalue weighted by atomic mass is 32.1. The van der Waals surface area contributed by atoms with Crippen LogP contribution in [0, 0.1) is 6.92 Å². The summed E-state index contributed by atoms with van der Waals surface area (Å²) in [6, 6.07) is 5.36. The molecule has 142 valence electrons. The lowest BCUT2D eigenvalue weighted by molar-refractivity contribution is -0.137. The number of benzene rings is 1. The van der Waals surface area contributed by atoms with E-state index >= 15 is 0 Å². The largest absolute Gasteiger partial charge is 0.439 e. The minimum absolute atomic E-state index is 0.0864. The molecule has 5 nitrogen and oxygen atoms in total. The van der Waals surface area contributed by atoms with Gasteiger partial charge in [0.15, 0.2) is 5.78 Å². The van der Waals surface area contributed by atoms with Crippen LogP contribution in [0.5, 0.6) is 11.6 Å². The molecule has 9 heteroatoms. The van der Waals surface area contributed by atoms with E-state index in [4.69, 9.17) is 4.74 Å². The van der Waals surface area contributed by atoms with Crippen LogP contribution in [0.15, 0.2) is 35.1 Å². The van der Waals surface area contributed by atoms with Gasteiger partial charge in [-0.25, -0.2) is 4.40 Å². The number of alkyl halides is 3. The van der Waals surface area contributed by atoms with Gasteiger partial charge < -0.3 is 4.74 Å². The van der Waals surface area contributed by atoms with Crippen molar-refractivity contribution in [3.8, 4) is 11.6 Å². The molecule has 0 aliphatic rings. The Morgan fingerprint density at radius 1 is 1.30 bits per heavy atom. The van der Waals surface area contributed by atoms with Crippen molar-refractivity contribution >= 4 is 22.1 Å². The molecule has 0 unspecified atom stereocenters. The summed E-state index contributed by atoms with van der Waals surface area (Å²) in [7, 11) is 0. The smallest absolute Gasteiger partial charge is 0.416 e. The summed E-state index contributed by atoms with van der Waals surface area (Å²) >= 11 is 1.15. The second kappa shape index (κ2) is 7.15. The molecule has 0 aliphatic carbocycles. The highest BCUT2D eigenvalue weighted by molar-refractivity contribution is 7.17. The minimum Gasteiger partial charge on any atom is -0.439 e. The molecule has 0 aliphatic heterocycles. The highest BCUT2D eigenvalue weighted by Gasteiger charge is 2.30. The molecule has 0 radical (unpaired) electrons. The first kappa shape index (κ1) is 19.1. The first-order chi connectivity index (χ1) is 12.7. The van der Waals surface area contributed by atoms with Crippen molar-refractivity contribution in [2.45, 2.75) is 32.9 Å². The van der Waals surface area contributed by atoms with Crippen molar-refractivity contribution in [3.05, 3.63) is 56.8 Å². The van der Waals surface area contributed by atoms with E-state index in [0.29, 0.717) is 23.4 Å². The summed E-state index contributed by atoms with van der Waals surface area (Å²) in [6.07, 6.45) is -3.55. The fourth-order valence-corrected chi connectivity index (χ4v) is 3.62. The Bertz CT molecular complexity index is 1070. The first-order valence-corrected chi connectivity index (χ1v) is 8.94. The van der Waals surface area contributed by atoms with Gasteiger partial charge in [0.25, 0.3) is 5.56 Å². The molecule has 0 amide bonds. The number of Topliss-reactive ketones (excluding diaryl/α,β-unsaturated/α-hetero) is 1. The van der Waals surface area contributed by atoms with Gasteiger partial charge in [-0.1, -0.05) is 13.0 Å². The Morgan fingerprint density at radius 2 is 2.04 bits per heavy atom. The lowest BCUT2D eigenvalue weighted by Gasteiger charge is -2.09. The Labute approximate surface area is 156 Å². The summed E-state index contributed by atoms with van der Waals surface area (Å²) in [4.78, 5) is 29.8. The zero-order chi connectivity index (χ0) is 19.8. The molecule has 2 aromatic heterocycles. The van der Waals surface area contributed by atoms with Crippen molar-refractivity contribution in [1.82, 2.24) is 9.38 Å². The molecule has 0 bridgehead atoms. The Morgan fingerprint density at radius 3 is 2.70 bits per heavy atom. The van der Waals surface area contributed by atoms with E-state index in [1.165, 1.54) is 16.5 Å². The summed E-state index contributed by atoms with van der Waals surface area (Å²) in [6.45, 7) is 3.58. The molecule has 0 spiro atoms. The number of thiazole rings is 1. The molecule has 3 rings (SSSR count). The van der Waals surface area contributed by atoms with E-state index in [1.54, 1.807) is 6.92 Å². The number of carbonyl (C=O) groups excluding carboxylic acids is 1. The number of ketones is 1. The van der Waals surface area contributed by atoms with Crippen molar-refractivity contribution < 1.29 is 22.7 Å². The van der Waals surface area contributed by atoms with E-state index in [2.05, 4.69) is 4.98 Å². The number of hydrogen-bond donors (Lipinski definition) is 0. The van der Waals surface area contributed by atoms with Crippen LogP contribution in [-0.4, -0.2) is 15.2 Å². The predicted octanol–water partition coefficient (Wildman–Crippen LogP) is 4.86. The molecule has 0 saturated carbocycles. The van der Waals surface area contributed by atoms with Crippen molar-refractivity contribution in [2.24, 2.45) is 0 Å². The van der Waals surface area contributed by atoms with Gasteiger partial charge in [0.2, 0.25) is 10.8 Å². The third-order valence-corrected chi connectivity index (χ3v) is 4.75. The van der Waals surface area contributed by atoms with Gasteiger partial charge in [0.1, 0.15) is 11.4 Å². The number of nitrogens with zero attached hydrogens (tertiary/aromatic N) is 2. The van der Waals surface area contributed by atoms with Crippen LogP contribution < -0.4 is 10.3 Å². The lowest BCUT2D eigenvalue weighted by atomic mass is 10.1. The molecule has 0 atom stereocenters. The van der Waals surface area contributed by atoms with Gasteiger partial charge in [-0.05, 0) is 31.5 Å². The van der Waals surface area contributed by atoms with Crippen LogP contribution >= 0.6 is 11.3 Å². The lowest BCUT2D eigenvalue weighted by Crippen LogP contribution is -2.18. The maximum atomic E-state index is 12.8. The van der Waals surface area contributed by atoms with Crippen LogP contribution in [0.2, 0.25) is 0 Å². The summed E-state index contributed by atoms with van der Waals surface area (Å²) < 4.78 is 45.0. The zero-order valence-electron chi connectivity index (χ0n) is 14.5. The number of rotatable bonds is 5. The number of ether oxygens (including phenoxy) is 1. The molecule has 1 aromatic carbocycles. The SMILES string of the molecule is CCCC(=O)c1c(C)sc2nc(Oc3cccc(C(F)(F)F)c3)cc(=O)n12. The molecular formula is C18H15F3N2O3S. The van der Waals surface area contributed by atoms with E-state index in [9.17, 15) is 22.8 Å². The molecule has 0 N–H and O–H groups in total. The van der Waals surface area contributed by atoms with Crippen LogP contribution in [0.4, 0.5) is 13.2 Å². The average Bonchev–Trinajstić information content (AvgIpc) is 2.91. The van der Waals surface area contributed by atoms with Gasteiger partial charge in [-0.15, -0.1) is 11.3 Å². The number of carbonyl (C=O) groups is 1. The van der Waals surface area contributed by atoms with Gasteiger partial charge in [-0.2, -0.15) is 18.2 Å². The Kier molecular flexibility index (Phi) is 5.05. The second-order valence-electron chi connectivity index (χ2n) is 5.86. The van der Waals surface area contributed by atoms with E-state index in [-0.39, 0.29) is 22.4 Å². The molecule has 3 aromatic rings. The van der Waals surface area contributed by atoms with Gasteiger partial charge >= 0.3 is 6.18 Å². The normalized spacial score (nSPS) is 11.7. The van der Waals surface area contributed by atoms with Gasteiger partial charge in [-0.3, -0.25) is 9.59 Å². The Hall–Kier alpha value is -2.68. The zero-order valence-corrected chi connectivity index (χ0v) is 15.3. The van der Waals surface area contributed by atoms with Gasteiger partial charge in [0, 0.05) is 11.3 Å². The molecule has 0 fully saturated rings. The van der Waals surface area contributed by atoms with E-state index in [1.807, 2.05) is 6.92 Å². The summed E-state index contributed by atoms with van der Waals surface area (Å²) in [5.74, 6) is -0.372. The molecule has 2 heterocycles. The quantitative estimate of drug-likeness (QED) is 0.578. The van der Waals surface area contributed by atoms with Crippen molar-refractivity contribution in [3.63, 3.8) is 0 Å². The van der Waals surface area contributed by atoms with E-state index in [0.717, 1.165) is 29.5 Å². The number of hydrogen-bond acceptors (Lipinski definition) is 5. The highest BCUT2D eigenvalue weighted by Crippen LogP contribution is 2.32. The number of halogens is 3. The fourth-order valence-electron chi connectivity index (χ4n) is 2.63. The average molecular weight is 396 g/mol. The maximum Gasteiger partial charge on any atom is 0.416 e. The van der Waals surface area contributed by atoms with Crippen molar-refractivity contribution in [2.75, 3.05) is 0 Å². The molecule has 0 saturated heterocycles. The number of aromatic nitrogens is 2. The van der Waals surface area contributed by atoms with Crippen LogP contribution in [0.1, 0.15) is 40.7 Å². The minimum atomic E-state index is -4.50. The number of fused-ring (bicyclic) bond motifs is 1. The topological polar surface area (TPSA) is 60.7 Å². The maximum absolute atomic E-state index is 12.8. The Balaban J connectivity index is 2.01. The van der Waals surface area contributed by atoms with E-state index < -0.39 is 17.3 Å². The molecular weight excluding hydrogens is 381 g/mol. The van der Waals surface area contributed by atoms with Crippen molar-refractivity contribution in [1.29, 1.82) is 0 Å². The standard InChI is InChI=1S/C18H15F3N2O3S/c1-3-5-13(24)16-10(2)27-17-22-14(9-15(25)23(16)17)26-12-7-4-6-11(8-12)18(19,20)21/h4,6-9H,3,5H2,1-2H3. The van der Waals surface area contributed by atoms with Crippen LogP contribution in [0.3, 0.4) is 0 Å². The molecule has 27 heavy (non-hydrogen) atoms. The summed E-state index contributed by atoms with van der Waals surface area (Å²) in [5.41, 5.74) is -1.09. The first-order valence-electron chi connectivity index (χ1n) is 8.12.